The molecule has 2 amide bonds. The van der Waals surface area contributed by atoms with Gasteiger partial charge in [-0.2, -0.15) is 0 Å². The van der Waals surface area contributed by atoms with Gasteiger partial charge in [0.25, 0.3) is 11.8 Å². The summed E-state index contributed by atoms with van der Waals surface area (Å²) >= 11 is 0. The molecule has 2 aromatic rings. The number of pyridine rings is 1. The summed E-state index contributed by atoms with van der Waals surface area (Å²) in [6.45, 7) is 1.38. The van der Waals surface area contributed by atoms with Gasteiger partial charge >= 0.3 is 0 Å². The smallest absolute Gasteiger partial charge is 0.274 e. The molecule has 2 N–H and O–H groups in total. The number of alkyl halides is 1. The first-order chi connectivity index (χ1) is 14.6. The average molecular weight is 435 g/mol. The number of hydrogen-bond acceptors (Lipinski definition) is 4. The number of nitrogens with one attached hydrogen (secondary N) is 1. The minimum atomic E-state index is -1.74. The van der Waals surface area contributed by atoms with Crippen LogP contribution in [0.5, 0.6) is 5.75 Å². The Labute approximate surface area is 175 Å². The fourth-order valence-electron chi connectivity index (χ4n) is 4.16. The van der Waals surface area contributed by atoms with Crippen molar-refractivity contribution >= 4 is 11.8 Å². The van der Waals surface area contributed by atoms with Crippen molar-refractivity contribution in [3.8, 4) is 5.75 Å². The molecule has 0 aliphatic carbocycles. The number of nitrogens with zero attached hydrogens (tertiary/aromatic N) is 2. The molecule has 2 bridgehead atoms. The van der Waals surface area contributed by atoms with Gasteiger partial charge in [0.1, 0.15) is 22.9 Å². The minimum absolute atomic E-state index is 0.0112. The molecule has 0 saturated carbocycles. The lowest BCUT2D eigenvalue weighted by atomic mass is 9.92. The van der Waals surface area contributed by atoms with Crippen LogP contribution in [0, 0.1) is 11.6 Å². The first-order valence-electron chi connectivity index (χ1n) is 9.78. The van der Waals surface area contributed by atoms with E-state index in [4.69, 9.17) is 0 Å². The van der Waals surface area contributed by atoms with Crippen molar-refractivity contribution in [3.05, 3.63) is 63.1 Å². The Morgan fingerprint density at radius 2 is 2.06 bits per heavy atom. The van der Waals surface area contributed by atoms with Crippen LogP contribution >= 0.6 is 0 Å². The quantitative estimate of drug-likeness (QED) is 0.774. The molecule has 0 spiro atoms. The number of halogens is 3. The number of rotatable bonds is 3. The van der Waals surface area contributed by atoms with Crippen molar-refractivity contribution < 1.29 is 27.9 Å². The van der Waals surface area contributed by atoms with Crippen LogP contribution in [0.3, 0.4) is 0 Å². The molecular formula is C21H20F3N3O4. The van der Waals surface area contributed by atoms with Crippen LogP contribution in [-0.2, 0) is 6.54 Å². The second-order valence-corrected chi connectivity index (χ2v) is 8.04. The first-order valence-corrected chi connectivity index (χ1v) is 9.78. The van der Waals surface area contributed by atoms with Crippen molar-refractivity contribution in [2.75, 3.05) is 13.1 Å². The number of carbonyl (C=O) groups excluding carboxylic acids is 2. The first kappa shape index (κ1) is 21.0. The van der Waals surface area contributed by atoms with Gasteiger partial charge < -0.3 is 19.9 Å². The summed E-state index contributed by atoms with van der Waals surface area (Å²) in [6, 6.07) is 1.94. The lowest BCUT2D eigenvalue weighted by Crippen LogP contribution is -2.48. The molecule has 0 radical (unpaired) electrons. The van der Waals surface area contributed by atoms with Crippen LogP contribution in [0.25, 0.3) is 0 Å². The number of fused-ring (bicyclic) bond motifs is 4. The highest BCUT2D eigenvalue weighted by atomic mass is 19.1. The van der Waals surface area contributed by atoms with Gasteiger partial charge in [-0.05, 0) is 25.8 Å². The fraction of sp³-hybridized carbons (Fsp3) is 0.381. The number of amides is 2. The van der Waals surface area contributed by atoms with E-state index in [1.807, 2.05) is 0 Å². The molecule has 31 heavy (non-hydrogen) atoms. The summed E-state index contributed by atoms with van der Waals surface area (Å²) in [4.78, 5) is 39.3. The van der Waals surface area contributed by atoms with Crippen LogP contribution in [0.2, 0.25) is 0 Å². The van der Waals surface area contributed by atoms with Crippen molar-refractivity contribution in [2.24, 2.45) is 0 Å². The Kier molecular flexibility index (Phi) is 5.03. The molecule has 7 nitrogen and oxygen atoms in total. The zero-order valence-corrected chi connectivity index (χ0v) is 16.6. The average Bonchev–Trinajstić information content (AvgIpc) is 2.84. The minimum Gasteiger partial charge on any atom is -0.503 e. The maximum atomic E-state index is 15.3. The predicted molar refractivity (Wildman–Crippen MR) is 104 cm³/mol. The number of carbonyl (C=O) groups is 2. The van der Waals surface area contributed by atoms with E-state index in [9.17, 15) is 28.3 Å². The Hall–Kier alpha value is -3.30. The molecule has 0 unspecified atom stereocenters. The Morgan fingerprint density at radius 1 is 1.32 bits per heavy atom. The lowest BCUT2D eigenvalue weighted by Gasteiger charge is -2.38. The summed E-state index contributed by atoms with van der Waals surface area (Å²) in [5.74, 6) is -4.13. The van der Waals surface area contributed by atoms with Gasteiger partial charge in [0, 0.05) is 37.5 Å². The molecule has 1 aromatic heterocycles. The van der Waals surface area contributed by atoms with E-state index in [2.05, 4.69) is 5.32 Å². The van der Waals surface area contributed by atoms with Gasteiger partial charge in [-0.15, -0.1) is 0 Å². The Morgan fingerprint density at radius 3 is 2.77 bits per heavy atom. The highest BCUT2D eigenvalue weighted by molar-refractivity contribution is 5.99. The van der Waals surface area contributed by atoms with Crippen LogP contribution < -0.4 is 10.7 Å². The second kappa shape index (κ2) is 7.44. The number of hydrogen-bond donors (Lipinski definition) is 2. The van der Waals surface area contributed by atoms with E-state index >= 15 is 4.39 Å². The lowest BCUT2D eigenvalue weighted by molar-refractivity contribution is 0.0520. The molecule has 10 heteroatoms. The Bertz CT molecular complexity index is 1150. The van der Waals surface area contributed by atoms with Gasteiger partial charge in [-0.1, -0.05) is 6.07 Å². The SMILES string of the molecule is C[C@]1(F)CCCN2C[C@H]1n1cc(C(=O)NCc3ccc(F)cc3F)c(=O)c(O)c1C2=O. The monoisotopic (exact) mass is 435 g/mol. The summed E-state index contributed by atoms with van der Waals surface area (Å²) in [6.07, 6.45) is 1.65. The van der Waals surface area contributed by atoms with Gasteiger partial charge in [0.2, 0.25) is 5.43 Å². The fourth-order valence-corrected chi connectivity index (χ4v) is 4.16. The largest absolute Gasteiger partial charge is 0.503 e. The molecule has 2 aliphatic rings. The second-order valence-electron chi connectivity index (χ2n) is 8.04. The van der Waals surface area contributed by atoms with E-state index in [0.717, 1.165) is 22.9 Å². The normalized spacial score (nSPS) is 22.6. The summed E-state index contributed by atoms with van der Waals surface area (Å²) in [5, 5.41) is 12.8. The topological polar surface area (TPSA) is 91.6 Å². The molecule has 164 valence electrons. The molecule has 2 atom stereocenters. The maximum absolute atomic E-state index is 15.3. The van der Waals surface area contributed by atoms with E-state index in [0.29, 0.717) is 19.0 Å². The van der Waals surface area contributed by atoms with Crippen LogP contribution in [0.1, 0.15) is 52.2 Å². The predicted octanol–water partition coefficient (Wildman–Crippen LogP) is 2.28. The molecule has 1 saturated heterocycles. The highest BCUT2D eigenvalue weighted by Crippen LogP contribution is 2.40. The van der Waals surface area contributed by atoms with E-state index in [-0.39, 0.29) is 30.8 Å². The number of aromatic hydroxyl groups is 1. The van der Waals surface area contributed by atoms with Crippen LogP contribution in [0.4, 0.5) is 13.2 Å². The molecule has 1 fully saturated rings. The van der Waals surface area contributed by atoms with Gasteiger partial charge in [-0.3, -0.25) is 14.4 Å². The third-order valence-electron chi connectivity index (χ3n) is 5.92. The van der Waals surface area contributed by atoms with E-state index < -0.39 is 51.9 Å². The number of benzene rings is 1. The summed E-state index contributed by atoms with van der Waals surface area (Å²) in [7, 11) is 0. The van der Waals surface area contributed by atoms with Gasteiger partial charge in [0.15, 0.2) is 11.4 Å². The maximum Gasteiger partial charge on any atom is 0.274 e. The van der Waals surface area contributed by atoms with Crippen molar-refractivity contribution in [2.45, 2.75) is 38.0 Å². The molecular weight excluding hydrogens is 415 g/mol. The molecule has 3 heterocycles. The van der Waals surface area contributed by atoms with Gasteiger partial charge in [0.05, 0.1) is 6.04 Å². The zero-order chi connectivity index (χ0) is 22.5. The molecule has 2 aliphatic heterocycles. The molecule has 1 aromatic carbocycles. The standard InChI is InChI=1S/C21H20F3N3O4/c1-21(24)5-2-6-26-10-15(21)27-9-13(17(28)18(29)16(27)20(26)31)19(30)25-8-11-3-4-12(22)7-14(11)23/h3-4,7,9,15,29H,2,5-6,8,10H2,1H3,(H,25,30)/t15-,21+/m1/s1. The number of aromatic nitrogens is 1. The summed E-state index contributed by atoms with van der Waals surface area (Å²) < 4.78 is 43.3. The zero-order valence-electron chi connectivity index (χ0n) is 16.6. The van der Waals surface area contributed by atoms with E-state index in [1.54, 1.807) is 0 Å². The third kappa shape index (κ3) is 3.55. The van der Waals surface area contributed by atoms with Crippen LogP contribution in [0.15, 0.2) is 29.2 Å². The third-order valence-corrected chi connectivity index (χ3v) is 5.92. The summed E-state index contributed by atoms with van der Waals surface area (Å²) in [5.41, 5.74) is -3.70. The van der Waals surface area contributed by atoms with Crippen molar-refractivity contribution in [1.82, 2.24) is 14.8 Å². The van der Waals surface area contributed by atoms with Crippen molar-refractivity contribution in [1.29, 1.82) is 0 Å². The van der Waals surface area contributed by atoms with Crippen LogP contribution in [-0.4, -0.2) is 45.1 Å². The molecule has 4 rings (SSSR count). The highest BCUT2D eigenvalue weighted by Gasteiger charge is 2.46. The Balaban J connectivity index is 1.71. The van der Waals surface area contributed by atoms with Gasteiger partial charge in [-0.25, -0.2) is 13.2 Å². The van der Waals surface area contributed by atoms with Crippen molar-refractivity contribution in [3.63, 3.8) is 0 Å². The van der Waals surface area contributed by atoms with E-state index in [1.165, 1.54) is 11.8 Å².